The molecule has 5 N–H and O–H groups in total. The number of rotatable bonds is 7. The summed E-state index contributed by atoms with van der Waals surface area (Å²) in [4.78, 5) is 102. The number of aldehydes is 1. The Balaban J connectivity index is 1.36. The van der Waals surface area contributed by atoms with Gasteiger partial charge in [-0.2, -0.15) is 0 Å². The van der Waals surface area contributed by atoms with E-state index in [1.54, 1.807) is 12.1 Å². The second-order valence-electron chi connectivity index (χ2n) is 16.6. The number of carbonyl (C=O) groups is 7. The predicted molar refractivity (Wildman–Crippen MR) is 217 cm³/mol. The second-order valence-corrected chi connectivity index (χ2v) is 17.1. The van der Waals surface area contributed by atoms with Crippen LogP contribution in [0.3, 0.4) is 0 Å². The predicted octanol–water partition coefficient (Wildman–Crippen LogP) is 2.08. The molecule has 0 bridgehead atoms. The van der Waals surface area contributed by atoms with Gasteiger partial charge in [0.1, 0.15) is 47.9 Å². The van der Waals surface area contributed by atoms with Gasteiger partial charge in [0.25, 0.3) is 0 Å². The molecule has 0 aromatic heterocycles. The van der Waals surface area contributed by atoms with E-state index in [9.17, 15) is 43.1 Å². The summed E-state index contributed by atoms with van der Waals surface area (Å²) in [6.07, 6.45) is -0.161. The highest BCUT2D eigenvalue weighted by atomic mass is 35.5. The second kappa shape index (κ2) is 18.6. The average molecular weight is 854 g/mol. The lowest BCUT2D eigenvalue weighted by molar-refractivity contribution is -0.155. The maximum absolute atomic E-state index is 14.8. The largest absolute Gasteiger partial charge is 0.391 e. The number of fused-ring (bicyclic) bond motifs is 3. The summed E-state index contributed by atoms with van der Waals surface area (Å²) < 4.78 is 21.0. The van der Waals surface area contributed by atoms with Crippen molar-refractivity contribution < 1.29 is 47.8 Å². The van der Waals surface area contributed by atoms with Gasteiger partial charge < -0.3 is 50.6 Å². The molecule has 9 atom stereocenters. The maximum Gasteiger partial charge on any atom is 0.319 e. The molecule has 0 aliphatic carbocycles. The van der Waals surface area contributed by atoms with Gasteiger partial charge in [-0.3, -0.25) is 24.0 Å². The van der Waals surface area contributed by atoms with Gasteiger partial charge in [-0.15, -0.1) is 0 Å². The van der Waals surface area contributed by atoms with Crippen molar-refractivity contribution in [2.75, 3.05) is 31.6 Å². The number of urea groups is 1. The van der Waals surface area contributed by atoms with Gasteiger partial charge in [-0.1, -0.05) is 48.4 Å². The van der Waals surface area contributed by atoms with E-state index < -0.39 is 89.3 Å². The van der Waals surface area contributed by atoms with Crippen LogP contribution in [-0.4, -0.2) is 136 Å². The van der Waals surface area contributed by atoms with E-state index in [1.165, 1.54) is 40.7 Å². The van der Waals surface area contributed by atoms with E-state index >= 15 is 0 Å². The minimum atomic E-state index is -1.56. The minimum Gasteiger partial charge on any atom is -0.391 e. The Morgan fingerprint density at radius 1 is 1.03 bits per heavy atom. The molecule has 60 heavy (non-hydrogen) atoms. The molecule has 2 aromatic carbocycles. The number of benzene rings is 2. The maximum atomic E-state index is 14.8. The summed E-state index contributed by atoms with van der Waals surface area (Å²) in [6.45, 7) is 6.48. The highest BCUT2D eigenvalue weighted by Gasteiger charge is 2.51. The number of anilines is 1. The first-order valence-corrected chi connectivity index (χ1v) is 20.7. The molecular formula is C42H53ClFN7O9. The number of piperidine rings is 1. The highest BCUT2D eigenvalue weighted by Crippen LogP contribution is 2.34. The number of aliphatic hydroxyl groups is 1. The molecule has 1 unspecified atom stereocenters. The van der Waals surface area contributed by atoms with Crippen molar-refractivity contribution in [3.63, 3.8) is 0 Å². The molecule has 18 heteroatoms. The number of nitrogens with one attached hydrogen (secondary N) is 4. The van der Waals surface area contributed by atoms with E-state index in [1.807, 2.05) is 26.0 Å². The summed E-state index contributed by atoms with van der Waals surface area (Å²) >= 11 is 5.88. The average Bonchev–Trinajstić information content (AvgIpc) is 3.77. The van der Waals surface area contributed by atoms with Crippen LogP contribution in [0.5, 0.6) is 0 Å². The van der Waals surface area contributed by atoms with Gasteiger partial charge in [0.15, 0.2) is 0 Å². The summed E-state index contributed by atoms with van der Waals surface area (Å²) in [6, 6.07) is 3.76. The van der Waals surface area contributed by atoms with Gasteiger partial charge in [0, 0.05) is 37.5 Å². The van der Waals surface area contributed by atoms with Crippen LogP contribution < -0.4 is 21.3 Å². The summed E-state index contributed by atoms with van der Waals surface area (Å²) in [7, 11) is 0. The number of carbonyl (C=O) groups excluding carboxylic acids is 7. The first kappa shape index (κ1) is 44.4. The number of aliphatic hydroxyl groups excluding tert-OH is 1. The number of ether oxygens (including phenoxy) is 1. The molecule has 6 rings (SSSR count). The van der Waals surface area contributed by atoms with Crippen molar-refractivity contribution in [2.45, 2.75) is 114 Å². The summed E-state index contributed by atoms with van der Waals surface area (Å²) in [5.41, 5.74) is -0.164. The molecule has 4 aliphatic rings. The summed E-state index contributed by atoms with van der Waals surface area (Å²) in [5, 5.41) is 21.5. The van der Waals surface area contributed by atoms with Crippen molar-refractivity contribution in [3.05, 3.63) is 64.4 Å². The Hall–Kier alpha value is -5.13. The Morgan fingerprint density at radius 3 is 2.52 bits per heavy atom. The van der Waals surface area contributed by atoms with Gasteiger partial charge in [0.05, 0.1) is 24.5 Å². The molecule has 0 spiro atoms. The number of aryl methyl sites for hydroxylation is 1. The van der Waals surface area contributed by atoms with Crippen LogP contribution >= 0.6 is 11.6 Å². The van der Waals surface area contributed by atoms with Crippen LogP contribution in [0, 0.1) is 18.7 Å². The Bertz CT molecular complexity index is 2010. The third kappa shape index (κ3) is 9.74. The molecular weight excluding hydrogens is 801 g/mol. The normalized spacial score (nSPS) is 29.5. The molecule has 0 saturated carbocycles. The molecule has 4 fully saturated rings. The van der Waals surface area contributed by atoms with E-state index in [-0.39, 0.29) is 62.1 Å². The monoisotopic (exact) mass is 853 g/mol. The topological polar surface area (TPSA) is 207 Å². The van der Waals surface area contributed by atoms with Gasteiger partial charge >= 0.3 is 6.03 Å². The lowest BCUT2D eigenvalue weighted by Crippen LogP contribution is -2.64. The molecule has 324 valence electrons. The van der Waals surface area contributed by atoms with E-state index in [4.69, 9.17) is 16.3 Å². The van der Waals surface area contributed by atoms with Crippen LogP contribution in [0.4, 0.5) is 14.9 Å². The van der Waals surface area contributed by atoms with Gasteiger partial charge in [-0.25, -0.2) is 9.18 Å². The Morgan fingerprint density at radius 2 is 1.80 bits per heavy atom. The van der Waals surface area contributed by atoms with E-state index in [0.717, 1.165) is 11.6 Å². The fourth-order valence-corrected chi connectivity index (χ4v) is 8.95. The fourth-order valence-electron chi connectivity index (χ4n) is 8.80. The zero-order valence-corrected chi connectivity index (χ0v) is 34.9. The molecule has 4 aliphatic heterocycles. The van der Waals surface area contributed by atoms with Crippen molar-refractivity contribution in [3.8, 4) is 0 Å². The third-order valence-electron chi connectivity index (χ3n) is 11.8. The zero-order chi connectivity index (χ0) is 43.5. The molecule has 4 heterocycles. The molecule has 4 saturated heterocycles. The lowest BCUT2D eigenvalue weighted by atomic mass is 9.94. The van der Waals surface area contributed by atoms with Crippen LogP contribution in [-0.2, 0) is 39.9 Å². The van der Waals surface area contributed by atoms with E-state index in [2.05, 4.69) is 21.3 Å². The highest BCUT2D eigenvalue weighted by molar-refractivity contribution is 6.30. The van der Waals surface area contributed by atoms with Gasteiger partial charge in [-0.05, 0) is 76.1 Å². The summed E-state index contributed by atoms with van der Waals surface area (Å²) in [5.74, 6) is -4.23. The van der Waals surface area contributed by atoms with Crippen LogP contribution in [0.15, 0.2) is 42.5 Å². The molecule has 16 nitrogen and oxygen atoms in total. The smallest absolute Gasteiger partial charge is 0.319 e. The number of hydrogen-bond donors (Lipinski definition) is 5. The van der Waals surface area contributed by atoms with Crippen molar-refractivity contribution in [1.82, 2.24) is 30.7 Å². The number of amides is 7. The lowest BCUT2D eigenvalue weighted by Gasteiger charge is -2.41. The molecule has 7 amide bonds. The first-order valence-electron chi connectivity index (χ1n) is 20.4. The van der Waals surface area contributed by atoms with Gasteiger partial charge in [0.2, 0.25) is 29.5 Å². The quantitative estimate of drug-likeness (QED) is 0.258. The fraction of sp³-hybridized carbons (Fsp3) is 0.548. The Kier molecular flexibility index (Phi) is 13.8. The SMILES string of the molecule is Cc1cccc(C[C@H](NC(=O)Nc2ccc(Cl)cc2F)C(=O)N[C@@H]2C(=O)N3C[C@H](O)C[C@H]3C(=O)N3CCCC[C@H]3C(=O)N[C@@H](C)C(=O)N3C[C@@H](C)CC3(C=O)CO[C@H]2C)c1. The van der Waals surface area contributed by atoms with Crippen LogP contribution in [0.2, 0.25) is 5.02 Å². The van der Waals surface area contributed by atoms with Crippen LogP contribution in [0.25, 0.3) is 0 Å². The standard InChI is InChI=1S/C42H53ClFN7O9/c1-23-8-7-9-27(14-23)15-32(47-41(59)46-31-12-11-28(43)16-30(31)44)36(54)48-35-26(4)60-22-42(21-52)18-24(2)19-51(42)38(56)25(3)45-37(55)33-10-5-6-13-49(33)39(57)34-17-29(53)20-50(34)40(35)58/h7-9,11-12,14,16,21,24-26,29,32-35,53H,5-6,10,13,15,17-20,22H2,1-4H3,(H,45,55)(H,48,54)(H2,46,47,59)/t24-,25-,26-,29+,32-,33-,34-,35-,42?/m0/s1. The van der Waals surface area contributed by atoms with Crippen molar-refractivity contribution >= 4 is 59.1 Å². The van der Waals surface area contributed by atoms with Crippen LogP contribution in [0.1, 0.15) is 64.0 Å². The van der Waals surface area contributed by atoms with Crippen molar-refractivity contribution in [1.29, 1.82) is 0 Å². The Labute approximate surface area is 352 Å². The number of halogens is 2. The molecule has 0 radical (unpaired) electrons. The number of nitrogens with zero attached hydrogens (tertiary/aromatic N) is 3. The number of hydrogen-bond acceptors (Lipinski definition) is 9. The van der Waals surface area contributed by atoms with E-state index in [0.29, 0.717) is 31.1 Å². The van der Waals surface area contributed by atoms with Crippen molar-refractivity contribution in [2.24, 2.45) is 5.92 Å². The third-order valence-corrected chi connectivity index (χ3v) is 12.1. The zero-order valence-electron chi connectivity index (χ0n) is 34.1. The first-order chi connectivity index (χ1) is 28.5. The molecule has 2 aromatic rings. The minimum absolute atomic E-state index is 0.0659.